The first-order chi connectivity index (χ1) is 13.0. The van der Waals surface area contributed by atoms with Gasteiger partial charge in [-0.15, -0.1) is 0 Å². The van der Waals surface area contributed by atoms with E-state index in [4.69, 9.17) is 15.0 Å². The van der Waals surface area contributed by atoms with Gasteiger partial charge < -0.3 is 19.9 Å². The van der Waals surface area contributed by atoms with Crippen LogP contribution in [0.25, 0.3) is 0 Å². The molecular weight excluding hydrogens is 348 g/mol. The molecule has 8 nitrogen and oxygen atoms in total. The molecule has 2 N–H and O–H groups in total. The van der Waals surface area contributed by atoms with Gasteiger partial charge in [-0.1, -0.05) is 17.3 Å². The number of hydrogen-bond donors (Lipinski definition) is 1. The number of amides is 2. The Kier molecular flexibility index (Phi) is 6.08. The number of nitrogens with two attached hydrogens (primary N) is 1. The van der Waals surface area contributed by atoms with E-state index in [2.05, 4.69) is 10.1 Å². The molecule has 0 radical (unpaired) electrons. The summed E-state index contributed by atoms with van der Waals surface area (Å²) in [5, 5.41) is 4.03. The highest BCUT2D eigenvalue weighted by molar-refractivity contribution is 5.95. The number of aryl methyl sites for hydroxylation is 1. The van der Waals surface area contributed by atoms with Crippen molar-refractivity contribution in [1.29, 1.82) is 0 Å². The molecule has 1 saturated heterocycles. The first kappa shape index (κ1) is 18.9. The van der Waals surface area contributed by atoms with Crippen LogP contribution in [0, 0.1) is 6.92 Å². The summed E-state index contributed by atoms with van der Waals surface area (Å²) in [7, 11) is 0. The highest BCUT2D eigenvalue weighted by Gasteiger charge is 2.21. The number of benzene rings is 1. The van der Waals surface area contributed by atoms with Crippen molar-refractivity contribution < 1.29 is 18.8 Å². The van der Waals surface area contributed by atoms with Crippen molar-refractivity contribution in [3.8, 4) is 5.75 Å². The molecule has 0 spiro atoms. The highest BCUT2D eigenvalue weighted by atomic mass is 16.5. The van der Waals surface area contributed by atoms with Gasteiger partial charge in [0.25, 0.3) is 11.8 Å². The Balaban J connectivity index is 1.51. The van der Waals surface area contributed by atoms with Crippen molar-refractivity contribution in [3.63, 3.8) is 0 Å². The third kappa shape index (κ3) is 5.07. The first-order valence-electron chi connectivity index (χ1n) is 8.97. The van der Waals surface area contributed by atoms with Crippen molar-refractivity contribution in [1.82, 2.24) is 15.0 Å². The number of ether oxygens (including phenoxy) is 1. The van der Waals surface area contributed by atoms with Gasteiger partial charge in [0.05, 0.1) is 11.3 Å². The van der Waals surface area contributed by atoms with Crippen molar-refractivity contribution in [2.75, 3.05) is 32.8 Å². The van der Waals surface area contributed by atoms with E-state index in [1.807, 2.05) is 13.0 Å². The Bertz CT molecular complexity index is 805. The second-order valence-corrected chi connectivity index (χ2v) is 6.59. The minimum absolute atomic E-state index is 0.103. The monoisotopic (exact) mass is 372 g/mol. The maximum Gasteiger partial charge on any atom is 0.260 e. The molecule has 0 bridgehead atoms. The van der Waals surface area contributed by atoms with E-state index in [0.717, 1.165) is 31.0 Å². The fraction of sp³-hybridized carbons (Fsp3) is 0.421. The minimum Gasteiger partial charge on any atom is -0.483 e. The lowest BCUT2D eigenvalue weighted by molar-refractivity contribution is -0.133. The van der Waals surface area contributed by atoms with Gasteiger partial charge in [-0.3, -0.25) is 14.5 Å². The van der Waals surface area contributed by atoms with Gasteiger partial charge in [-0.05, 0) is 25.5 Å². The molecule has 8 heteroatoms. The van der Waals surface area contributed by atoms with E-state index in [9.17, 15) is 9.59 Å². The summed E-state index contributed by atoms with van der Waals surface area (Å²) in [5.74, 6) is 0.446. The van der Waals surface area contributed by atoms with E-state index < -0.39 is 5.91 Å². The number of nitrogens with zero attached hydrogens (tertiary/aromatic N) is 3. The Morgan fingerprint density at radius 3 is 2.78 bits per heavy atom. The van der Waals surface area contributed by atoms with Gasteiger partial charge in [-0.25, -0.2) is 0 Å². The van der Waals surface area contributed by atoms with E-state index in [1.54, 1.807) is 29.2 Å². The maximum absolute atomic E-state index is 12.5. The Morgan fingerprint density at radius 1 is 1.22 bits per heavy atom. The molecule has 144 valence electrons. The van der Waals surface area contributed by atoms with Gasteiger partial charge in [0.2, 0.25) is 0 Å². The third-order valence-corrected chi connectivity index (χ3v) is 4.51. The standard InChI is InChI=1S/C19H24N4O4/c1-14-11-15(21-27-14)12-22-7-4-8-23(10-9-22)18(24)13-26-17-6-3-2-5-16(17)19(20)25/h2-3,5-6,11H,4,7-10,12-13H2,1H3,(H2,20,25). The third-order valence-electron chi connectivity index (χ3n) is 4.51. The molecule has 2 heterocycles. The molecule has 0 aliphatic carbocycles. The zero-order valence-electron chi connectivity index (χ0n) is 15.4. The average Bonchev–Trinajstić information content (AvgIpc) is 2.92. The molecule has 27 heavy (non-hydrogen) atoms. The predicted molar refractivity (Wildman–Crippen MR) is 98.2 cm³/mol. The van der Waals surface area contributed by atoms with E-state index >= 15 is 0 Å². The van der Waals surface area contributed by atoms with Gasteiger partial charge in [0, 0.05) is 38.8 Å². The van der Waals surface area contributed by atoms with E-state index in [-0.39, 0.29) is 18.1 Å². The smallest absolute Gasteiger partial charge is 0.260 e. The van der Waals surface area contributed by atoms with E-state index in [0.29, 0.717) is 25.4 Å². The lowest BCUT2D eigenvalue weighted by Gasteiger charge is -2.21. The summed E-state index contributed by atoms with van der Waals surface area (Å²) in [6, 6.07) is 8.59. The molecule has 3 rings (SSSR count). The summed E-state index contributed by atoms with van der Waals surface area (Å²) in [6.45, 7) is 5.41. The van der Waals surface area contributed by atoms with Crippen LogP contribution in [-0.2, 0) is 11.3 Å². The minimum atomic E-state index is -0.577. The molecular formula is C19H24N4O4. The SMILES string of the molecule is Cc1cc(CN2CCCN(C(=O)COc3ccccc3C(N)=O)CC2)no1. The van der Waals surface area contributed by atoms with Crippen LogP contribution in [0.5, 0.6) is 5.75 Å². The Hall–Kier alpha value is -2.87. The topological polar surface area (TPSA) is 102 Å². The fourth-order valence-electron chi connectivity index (χ4n) is 3.13. The molecule has 1 aromatic heterocycles. The van der Waals surface area contributed by atoms with Crippen LogP contribution in [0.2, 0.25) is 0 Å². The average molecular weight is 372 g/mol. The molecule has 2 amide bonds. The quantitative estimate of drug-likeness (QED) is 0.817. The second-order valence-electron chi connectivity index (χ2n) is 6.59. The Labute approximate surface area is 157 Å². The van der Waals surface area contributed by atoms with Crippen molar-refractivity contribution in [2.24, 2.45) is 5.73 Å². The zero-order chi connectivity index (χ0) is 19.2. The molecule has 0 atom stereocenters. The number of primary amides is 1. The van der Waals surface area contributed by atoms with Gasteiger partial charge in [-0.2, -0.15) is 0 Å². The summed E-state index contributed by atoms with van der Waals surface area (Å²) in [4.78, 5) is 28.0. The number of carbonyl (C=O) groups excluding carboxylic acids is 2. The lowest BCUT2D eigenvalue weighted by Crippen LogP contribution is -2.38. The molecule has 0 saturated carbocycles. The summed E-state index contributed by atoms with van der Waals surface area (Å²) in [6.07, 6.45) is 0.875. The number of para-hydroxylation sites is 1. The van der Waals surface area contributed by atoms with Crippen molar-refractivity contribution in [3.05, 3.63) is 47.3 Å². The maximum atomic E-state index is 12.5. The molecule has 0 unspecified atom stereocenters. The second kappa shape index (κ2) is 8.68. The summed E-state index contributed by atoms with van der Waals surface area (Å²) >= 11 is 0. The lowest BCUT2D eigenvalue weighted by atomic mass is 10.2. The first-order valence-corrected chi connectivity index (χ1v) is 8.97. The van der Waals surface area contributed by atoms with Crippen LogP contribution < -0.4 is 10.5 Å². The number of aromatic nitrogens is 1. The number of rotatable bonds is 6. The molecule has 1 aliphatic rings. The summed E-state index contributed by atoms with van der Waals surface area (Å²) in [5.41, 5.74) is 6.51. The molecule has 1 fully saturated rings. The highest BCUT2D eigenvalue weighted by Crippen LogP contribution is 2.17. The van der Waals surface area contributed by atoms with Crippen LogP contribution >= 0.6 is 0 Å². The number of carbonyl (C=O) groups is 2. The van der Waals surface area contributed by atoms with Crippen LogP contribution in [-0.4, -0.2) is 59.6 Å². The van der Waals surface area contributed by atoms with Gasteiger partial charge in [0.1, 0.15) is 11.5 Å². The Morgan fingerprint density at radius 2 is 2.04 bits per heavy atom. The largest absolute Gasteiger partial charge is 0.483 e. The van der Waals surface area contributed by atoms with Crippen molar-refractivity contribution in [2.45, 2.75) is 19.9 Å². The van der Waals surface area contributed by atoms with Crippen LogP contribution in [0.15, 0.2) is 34.9 Å². The fourth-order valence-corrected chi connectivity index (χ4v) is 3.13. The molecule has 2 aromatic rings. The van der Waals surface area contributed by atoms with Crippen LogP contribution in [0.1, 0.15) is 28.2 Å². The van der Waals surface area contributed by atoms with Gasteiger partial charge in [0.15, 0.2) is 6.61 Å². The van der Waals surface area contributed by atoms with E-state index in [1.165, 1.54) is 0 Å². The number of hydrogen-bond acceptors (Lipinski definition) is 6. The van der Waals surface area contributed by atoms with Crippen molar-refractivity contribution >= 4 is 11.8 Å². The predicted octanol–water partition coefficient (Wildman–Crippen LogP) is 1.20. The zero-order valence-corrected chi connectivity index (χ0v) is 15.4. The van der Waals surface area contributed by atoms with Crippen LogP contribution in [0.4, 0.5) is 0 Å². The van der Waals surface area contributed by atoms with Gasteiger partial charge >= 0.3 is 0 Å². The normalized spacial score (nSPS) is 15.4. The van der Waals surface area contributed by atoms with Crippen LogP contribution in [0.3, 0.4) is 0 Å². The molecule has 1 aliphatic heterocycles. The summed E-state index contributed by atoms with van der Waals surface area (Å²) < 4.78 is 10.7. The molecule has 1 aromatic carbocycles.